The average molecular weight is 433 g/mol. The molecule has 164 valence electrons. The van der Waals surface area contributed by atoms with E-state index in [0.717, 1.165) is 5.39 Å². The summed E-state index contributed by atoms with van der Waals surface area (Å²) in [4.78, 5) is 36.3. The fraction of sp³-hybridized carbons (Fsp3) is 0.167. The van der Waals surface area contributed by atoms with Crippen LogP contribution in [0.5, 0.6) is 5.75 Å². The Morgan fingerprint density at radius 2 is 1.72 bits per heavy atom. The lowest BCUT2D eigenvalue weighted by Gasteiger charge is -2.08. The Balaban J connectivity index is 1.57. The molecule has 0 fully saturated rings. The van der Waals surface area contributed by atoms with Gasteiger partial charge in [0.2, 0.25) is 5.91 Å². The second-order valence-electron chi connectivity index (χ2n) is 6.99. The number of nitrogens with zero attached hydrogens (tertiary/aromatic N) is 1. The van der Waals surface area contributed by atoms with Crippen molar-refractivity contribution in [3.8, 4) is 5.75 Å². The van der Waals surface area contributed by atoms with Gasteiger partial charge in [0.25, 0.3) is 5.91 Å². The SMILES string of the molecule is CCOC(=O)c1ccc(NC(=O)CC(C)=NNC(=O)c2ccc3ccccc3c2O)cc1. The number of fused-ring (bicyclic) bond motifs is 1. The first-order chi connectivity index (χ1) is 15.4. The molecule has 3 N–H and O–H groups in total. The van der Waals surface area contributed by atoms with Crippen LogP contribution in [0.3, 0.4) is 0 Å². The minimum Gasteiger partial charge on any atom is -0.506 e. The second-order valence-corrected chi connectivity index (χ2v) is 6.99. The number of benzene rings is 3. The molecule has 0 radical (unpaired) electrons. The quantitative estimate of drug-likeness (QED) is 0.297. The van der Waals surface area contributed by atoms with Crippen molar-refractivity contribution < 1.29 is 24.2 Å². The first kappa shape index (κ1) is 22.5. The lowest BCUT2D eigenvalue weighted by atomic mass is 10.1. The summed E-state index contributed by atoms with van der Waals surface area (Å²) in [6.45, 7) is 3.61. The summed E-state index contributed by atoms with van der Waals surface area (Å²) in [5.74, 6) is -1.47. The minimum atomic E-state index is -0.581. The molecular formula is C24H23N3O5. The molecule has 0 aliphatic carbocycles. The first-order valence-corrected chi connectivity index (χ1v) is 10.00. The van der Waals surface area contributed by atoms with Gasteiger partial charge in [-0.15, -0.1) is 0 Å². The van der Waals surface area contributed by atoms with Crippen LogP contribution in [-0.4, -0.2) is 35.2 Å². The van der Waals surface area contributed by atoms with Gasteiger partial charge in [-0.2, -0.15) is 5.10 Å². The molecular weight excluding hydrogens is 410 g/mol. The number of rotatable bonds is 7. The zero-order valence-electron chi connectivity index (χ0n) is 17.7. The van der Waals surface area contributed by atoms with Crippen molar-refractivity contribution in [3.05, 3.63) is 71.8 Å². The number of nitrogens with one attached hydrogen (secondary N) is 2. The third-order valence-electron chi connectivity index (χ3n) is 4.59. The summed E-state index contributed by atoms with van der Waals surface area (Å²) >= 11 is 0. The highest BCUT2D eigenvalue weighted by Gasteiger charge is 2.14. The van der Waals surface area contributed by atoms with Gasteiger partial charge in [0.05, 0.1) is 24.2 Å². The van der Waals surface area contributed by atoms with E-state index in [1.807, 2.05) is 12.1 Å². The maximum Gasteiger partial charge on any atom is 0.338 e. The van der Waals surface area contributed by atoms with Crippen LogP contribution in [-0.2, 0) is 9.53 Å². The van der Waals surface area contributed by atoms with Crippen molar-refractivity contribution in [1.29, 1.82) is 0 Å². The van der Waals surface area contributed by atoms with Crippen LogP contribution >= 0.6 is 0 Å². The largest absolute Gasteiger partial charge is 0.506 e. The number of amides is 2. The molecule has 0 spiro atoms. The van der Waals surface area contributed by atoms with E-state index in [1.165, 1.54) is 6.07 Å². The van der Waals surface area contributed by atoms with E-state index >= 15 is 0 Å². The van der Waals surface area contributed by atoms with E-state index in [2.05, 4.69) is 15.8 Å². The van der Waals surface area contributed by atoms with Gasteiger partial charge in [-0.1, -0.05) is 30.3 Å². The highest BCUT2D eigenvalue weighted by molar-refractivity contribution is 6.07. The number of carbonyl (C=O) groups is 3. The van der Waals surface area contributed by atoms with Gasteiger partial charge in [-0.25, -0.2) is 10.2 Å². The average Bonchev–Trinajstić information content (AvgIpc) is 2.78. The molecule has 0 bridgehead atoms. The van der Waals surface area contributed by atoms with Gasteiger partial charge >= 0.3 is 5.97 Å². The standard InChI is InChI=1S/C24H23N3O5/c1-3-32-24(31)17-8-11-18(12-9-17)25-21(28)14-15(2)26-27-23(30)20-13-10-16-6-4-5-7-19(16)22(20)29/h4-13,29H,3,14H2,1-2H3,(H,25,28)(H,27,30). The molecule has 3 aromatic carbocycles. The Morgan fingerprint density at radius 3 is 2.44 bits per heavy atom. The number of phenols is 1. The predicted molar refractivity (Wildman–Crippen MR) is 122 cm³/mol. The monoisotopic (exact) mass is 433 g/mol. The van der Waals surface area contributed by atoms with E-state index in [1.54, 1.807) is 56.3 Å². The Labute approximate surface area is 184 Å². The van der Waals surface area contributed by atoms with Gasteiger partial charge in [-0.3, -0.25) is 9.59 Å². The van der Waals surface area contributed by atoms with Crippen LogP contribution in [0.1, 0.15) is 41.0 Å². The summed E-state index contributed by atoms with van der Waals surface area (Å²) in [5, 5.41) is 18.4. The summed E-state index contributed by atoms with van der Waals surface area (Å²) in [6, 6.07) is 16.7. The van der Waals surface area contributed by atoms with Crippen molar-refractivity contribution in [1.82, 2.24) is 5.43 Å². The van der Waals surface area contributed by atoms with Gasteiger partial charge in [0, 0.05) is 16.8 Å². The van der Waals surface area contributed by atoms with Crippen LogP contribution in [0.4, 0.5) is 5.69 Å². The highest BCUT2D eigenvalue weighted by Crippen LogP contribution is 2.28. The van der Waals surface area contributed by atoms with Crippen LogP contribution in [0.2, 0.25) is 0 Å². The molecule has 0 saturated heterocycles. The summed E-state index contributed by atoms with van der Waals surface area (Å²) in [7, 11) is 0. The second kappa shape index (κ2) is 10.2. The zero-order valence-corrected chi connectivity index (χ0v) is 17.7. The molecule has 0 heterocycles. The molecule has 0 aromatic heterocycles. The van der Waals surface area contributed by atoms with Crippen molar-refractivity contribution in [3.63, 3.8) is 0 Å². The molecule has 0 unspecified atom stereocenters. The van der Waals surface area contributed by atoms with Crippen molar-refractivity contribution in [2.75, 3.05) is 11.9 Å². The predicted octanol–water partition coefficient (Wildman–Crippen LogP) is 3.86. The number of anilines is 1. The van der Waals surface area contributed by atoms with Gasteiger partial charge in [0.15, 0.2) is 0 Å². The number of carbonyl (C=O) groups excluding carboxylic acids is 3. The van der Waals surface area contributed by atoms with E-state index in [9.17, 15) is 19.5 Å². The molecule has 0 saturated carbocycles. The topological polar surface area (TPSA) is 117 Å². The highest BCUT2D eigenvalue weighted by atomic mass is 16.5. The molecule has 8 heteroatoms. The molecule has 3 aromatic rings. The number of ether oxygens (including phenoxy) is 1. The van der Waals surface area contributed by atoms with Crippen LogP contribution < -0.4 is 10.7 Å². The molecule has 2 amide bonds. The van der Waals surface area contributed by atoms with Crippen LogP contribution in [0, 0.1) is 0 Å². The normalized spacial score (nSPS) is 11.1. The van der Waals surface area contributed by atoms with E-state index < -0.39 is 11.9 Å². The lowest BCUT2D eigenvalue weighted by molar-refractivity contribution is -0.115. The smallest absolute Gasteiger partial charge is 0.338 e. The van der Waals surface area contributed by atoms with Gasteiger partial charge < -0.3 is 15.2 Å². The maximum absolute atomic E-state index is 12.4. The number of esters is 1. The molecule has 32 heavy (non-hydrogen) atoms. The van der Waals surface area contributed by atoms with Gasteiger partial charge in [0.1, 0.15) is 5.75 Å². The third kappa shape index (κ3) is 5.48. The minimum absolute atomic E-state index is 0.0520. The summed E-state index contributed by atoms with van der Waals surface area (Å²) in [5.41, 5.74) is 3.73. The third-order valence-corrected chi connectivity index (χ3v) is 4.59. The Morgan fingerprint density at radius 1 is 1.00 bits per heavy atom. The van der Waals surface area contributed by atoms with Crippen LogP contribution in [0.25, 0.3) is 10.8 Å². The maximum atomic E-state index is 12.4. The molecule has 0 aliphatic rings. The van der Waals surface area contributed by atoms with E-state index in [0.29, 0.717) is 22.3 Å². The van der Waals surface area contributed by atoms with E-state index in [4.69, 9.17) is 4.74 Å². The Kier molecular flexibility index (Phi) is 7.17. The Bertz CT molecular complexity index is 1190. The summed E-state index contributed by atoms with van der Waals surface area (Å²) in [6.07, 6.45) is -0.0520. The number of hydrogen-bond acceptors (Lipinski definition) is 6. The Hall–Kier alpha value is -4.20. The number of phenolic OH excluding ortho intramolecular Hbond substituents is 1. The van der Waals surface area contributed by atoms with Gasteiger partial charge in [-0.05, 0) is 49.6 Å². The molecule has 0 aliphatic heterocycles. The number of hydrogen-bond donors (Lipinski definition) is 3. The first-order valence-electron chi connectivity index (χ1n) is 10.00. The molecule has 3 rings (SSSR count). The van der Waals surface area contributed by atoms with Crippen molar-refractivity contribution >= 4 is 40.0 Å². The molecule has 8 nitrogen and oxygen atoms in total. The van der Waals surface area contributed by atoms with Crippen LogP contribution in [0.15, 0.2) is 65.8 Å². The lowest BCUT2D eigenvalue weighted by Crippen LogP contribution is -2.21. The van der Waals surface area contributed by atoms with Crippen molar-refractivity contribution in [2.45, 2.75) is 20.3 Å². The number of hydrazone groups is 1. The van der Waals surface area contributed by atoms with E-state index in [-0.39, 0.29) is 30.2 Å². The molecule has 0 atom stereocenters. The zero-order chi connectivity index (χ0) is 23.1. The van der Waals surface area contributed by atoms with Crippen molar-refractivity contribution in [2.24, 2.45) is 5.10 Å². The summed E-state index contributed by atoms with van der Waals surface area (Å²) < 4.78 is 4.92. The fourth-order valence-corrected chi connectivity index (χ4v) is 3.03. The fourth-order valence-electron chi connectivity index (χ4n) is 3.03. The number of aromatic hydroxyl groups is 1.